The molecule has 21 heavy (non-hydrogen) atoms. The third kappa shape index (κ3) is 3.86. The van der Waals surface area contributed by atoms with Gasteiger partial charge in [-0.25, -0.2) is 9.59 Å². The molecular formula is C14H25N3O4. The number of nitrogens with zero attached hydrogens (tertiary/aromatic N) is 1. The van der Waals surface area contributed by atoms with Gasteiger partial charge < -0.3 is 20.6 Å². The van der Waals surface area contributed by atoms with Crippen molar-refractivity contribution in [1.29, 1.82) is 0 Å². The lowest BCUT2D eigenvalue weighted by Crippen LogP contribution is -2.53. The molecule has 0 spiro atoms. The van der Waals surface area contributed by atoms with Crippen LogP contribution in [0.2, 0.25) is 0 Å². The number of hydrogen-bond acceptors (Lipinski definition) is 3. The van der Waals surface area contributed by atoms with Gasteiger partial charge >= 0.3 is 12.0 Å². The predicted octanol–water partition coefficient (Wildman–Crippen LogP) is 0.653. The highest BCUT2D eigenvalue weighted by atomic mass is 16.4. The predicted molar refractivity (Wildman–Crippen MR) is 77.8 cm³/mol. The van der Waals surface area contributed by atoms with Crippen LogP contribution in [0.25, 0.3) is 0 Å². The number of carboxylic acid groups (broad SMARTS) is 1. The second-order valence-electron chi connectivity index (χ2n) is 6.90. The Balaban J connectivity index is 2.74. The van der Waals surface area contributed by atoms with Crippen LogP contribution in [-0.2, 0) is 9.59 Å². The number of urea groups is 1. The quantitative estimate of drug-likeness (QED) is 0.712. The van der Waals surface area contributed by atoms with E-state index in [0.29, 0.717) is 13.0 Å². The monoisotopic (exact) mass is 299 g/mol. The maximum absolute atomic E-state index is 12.2. The van der Waals surface area contributed by atoms with E-state index in [1.165, 1.54) is 4.90 Å². The smallest absolute Gasteiger partial charge is 0.326 e. The Labute approximate surface area is 125 Å². The van der Waals surface area contributed by atoms with E-state index in [1.807, 2.05) is 0 Å². The fraction of sp³-hybridized carbons (Fsp3) is 0.786. The van der Waals surface area contributed by atoms with E-state index in [9.17, 15) is 19.5 Å². The molecule has 3 amide bonds. The molecule has 1 unspecified atom stereocenters. The minimum Gasteiger partial charge on any atom is -0.480 e. The Hall–Kier alpha value is -1.79. The topological polar surface area (TPSA) is 98.7 Å². The molecule has 1 heterocycles. The van der Waals surface area contributed by atoms with E-state index in [0.717, 1.165) is 0 Å². The van der Waals surface area contributed by atoms with Crippen molar-refractivity contribution in [2.24, 2.45) is 10.8 Å². The fourth-order valence-electron chi connectivity index (χ4n) is 2.48. The molecule has 120 valence electrons. The van der Waals surface area contributed by atoms with Crippen molar-refractivity contribution in [1.82, 2.24) is 15.5 Å². The highest BCUT2D eigenvalue weighted by molar-refractivity contribution is 5.86. The van der Waals surface area contributed by atoms with Gasteiger partial charge in [0, 0.05) is 20.1 Å². The summed E-state index contributed by atoms with van der Waals surface area (Å²) in [5.74, 6) is -1.17. The van der Waals surface area contributed by atoms with Crippen LogP contribution in [-0.4, -0.2) is 54.1 Å². The fourth-order valence-corrected chi connectivity index (χ4v) is 2.48. The van der Waals surface area contributed by atoms with Gasteiger partial charge in [0.1, 0.15) is 6.04 Å². The SMILES string of the molecule is CNC(=O)C1(C)CCN(C(=O)N[C@H](C(=O)O)C(C)(C)C)C1. The summed E-state index contributed by atoms with van der Waals surface area (Å²) in [4.78, 5) is 36.8. The van der Waals surface area contributed by atoms with Crippen LogP contribution >= 0.6 is 0 Å². The lowest BCUT2D eigenvalue weighted by atomic mass is 9.87. The number of hydrogen-bond donors (Lipinski definition) is 3. The Morgan fingerprint density at radius 1 is 1.29 bits per heavy atom. The summed E-state index contributed by atoms with van der Waals surface area (Å²) in [7, 11) is 1.57. The summed E-state index contributed by atoms with van der Waals surface area (Å²) in [5.41, 5.74) is -1.21. The molecule has 1 saturated heterocycles. The molecule has 0 radical (unpaired) electrons. The maximum Gasteiger partial charge on any atom is 0.326 e. The average molecular weight is 299 g/mol. The Bertz CT molecular complexity index is 444. The second-order valence-corrected chi connectivity index (χ2v) is 6.90. The lowest BCUT2D eigenvalue weighted by molar-refractivity contribution is -0.142. The minimum absolute atomic E-state index is 0.108. The largest absolute Gasteiger partial charge is 0.480 e. The van der Waals surface area contributed by atoms with Crippen molar-refractivity contribution >= 4 is 17.9 Å². The van der Waals surface area contributed by atoms with E-state index in [-0.39, 0.29) is 12.5 Å². The third-order valence-corrected chi connectivity index (χ3v) is 3.92. The number of carbonyl (C=O) groups excluding carboxylic acids is 2. The van der Waals surface area contributed by atoms with Gasteiger partial charge in [0.25, 0.3) is 0 Å². The normalized spacial score (nSPS) is 23.6. The van der Waals surface area contributed by atoms with Gasteiger partial charge in [-0.2, -0.15) is 0 Å². The number of rotatable bonds is 3. The van der Waals surface area contributed by atoms with Crippen LogP contribution in [0, 0.1) is 10.8 Å². The first-order valence-electron chi connectivity index (χ1n) is 7.02. The zero-order valence-electron chi connectivity index (χ0n) is 13.3. The van der Waals surface area contributed by atoms with Crippen LogP contribution in [0.1, 0.15) is 34.1 Å². The van der Waals surface area contributed by atoms with Gasteiger partial charge in [-0.3, -0.25) is 4.79 Å². The number of aliphatic carboxylic acids is 1. The van der Waals surface area contributed by atoms with Crippen molar-refractivity contribution in [2.45, 2.75) is 40.2 Å². The number of amides is 3. The van der Waals surface area contributed by atoms with Gasteiger partial charge in [0.05, 0.1) is 5.41 Å². The van der Waals surface area contributed by atoms with Gasteiger partial charge in [-0.1, -0.05) is 20.8 Å². The summed E-state index contributed by atoms with van der Waals surface area (Å²) in [6.45, 7) is 7.79. The Kier molecular flexibility index (Phi) is 4.86. The van der Waals surface area contributed by atoms with E-state index < -0.39 is 28.9 Å². The van der Waals surface area contributed by atoms with E-state index >= 15 is 0 Å². The van der Waals surface area contributed by atoms with Crippen molar-refractivity contribution in [2.75, 3.05) is 20.1 Å². The number of likely N-dealkylation sites (tertiary alicyclic amines) is 1. The zero-order chi connectivity index (χ0) is 16.4. The molecule has 7 heteroatoms. The molecule has 2 atom stereocenters. The molecule has 0 saturated carbocycles. The summed E-state index contributed by atoms with van der Waals surface area (Å²) >= 11 is 0. The first kappa shape index (κ1) is 17.3. The van der Waals surface area contributed by atoms with E-state index in [2.05, 4.69) is 10.6 Å². The van der Waals surface area contributed by atoms with E-state index in [1.54, 1.807) is 34.7 Å². The first-order valence-corrected chi connectivity index (χ1v) is 7.02. The average Bonchev–Trinajstić information content (AvgIpc) is 2.77. The molecule has 1 aliphatic rings. The highest BCUT2D eigenvalue weighted by Crippen LogP contribution is 2.30. The van der Waals surface area contributed by atoms with Crippen molar-refractivity contribution in [3.05, 3.63) is 0 Å². The third-order valence-electron chi connectivity index (χ3n) is 3.92. The number of carboxylic acids is 1. The van der Waals surface area contributed by atoms with Crippen LogP contribution < -0.4 is 10.6 Å². The van der Waals surface area contributed by atoms with Crippen LogP contribution in [0.4, 0.5) is 4.79 Å². The molecule has 1 fully saturated rings. The molecule has 3 N–H and O–H groups in total. The molecule has 0 aromatic heterocycles. The standard InChI is InChI=1S/C14H25N3O4/c1-13(2,3)9(10(18)19)16-12(21)17-7-6-14(4,8-17)11(20)15-5/h9H,6-8H2,1-5H3,(H,15,20)(H,16,21)(H,18,19)/t9-,14?/m1/s1. The zero-order valence-corrected chi connectivity index (χ0v) is 13.3. The molecule has 7 nitrogen and oxygen atoms in total. The van der Waals surface area contributed by atoms with Crippen molar-refractivity contribution in [3.8, 4) is 0 Å². The van der Waals surface area contributed by atoms with Gasteiger partial charge in [0.2, 0.25) is 5.91 Å². The Morgan fingerprint density at radius 2 is 1.86 bits per heavy atom. The highest BCUT2D eigenvalue weighted by Gasteiger charge is 2.43. The summed E-state index contributed by atoms with van der Waals surface area (Å²) in [5, 5.41) is 14.4. The summed E-state index contributed by atoms with van der Waals surface area (Å²) < 4.78 is 0. The van der Waals surface area contributed by atoms with E-state index in [4.69, 9.17) is 0 Å². The van der Waals surface area contributed by atoms with Gasteiger partial charge in [0.15, 0.2) is 0 Å². The molecule has 0 aliphatic carbocycles. The summed E-state index contributed by atoms with van der Waals surface area (Å²) in [6.07, 6.45) is 0.563. The molecule has 1 aliphatic heterocycles. The molecule has 1 rings (SSSR count). The molecule has 0 aromatic rings. The maximum atomic E-state index is 12.2. The number of carbonyl (C=O) groups is 3. The minimum atomic E-state index is -1.07. The van der Waals surface area contributed by atoms with Crippen molar-refractivity contribution < 1.29 is 19.5 Å². The molecular weight excluding hydrogens is 274 g/mol. The van der Waals surface area contributed by atoms with Gasteiger partial charge in [-0.15, -0.1) is 0 Å². The summed E-state index contributed by atoms with van der Waals surface area (Å²) in [6, 6.07) is -1.41. The molecule has 0 bridgehead atoms. The van der Waals surface area contributed by atoms with Crippen LogP contribution in [0.5, 0.6) is 0 Å². The molecule has 0 aromatic carbocycles. The number of nitrogens with one attached hydrogen (secondary N) is 2. The second kappa shape index (κ2) is 5.91. The lowest BCUT2D eigenvalue weighted by Gasteiger charge is -2.30. The van der Waals surface area contributed by atoms with Crippen LogP contribution in [0.15, 0.2) is 0 Å². The Morgan fingerprint density at radius 3 is 2.29 bits per heavy atom. The van der Waals surface area contributed by atoms with Crippen LogP contribution in [0.3, 0.4) is 0 Å². The van der Waals surface area contributed by atoms with Gasteiger partial charge in [-0.05, 0) is 18.8 Å². The first-order chi connectivity index (χ1) is 9.51. The van der Waals surface area contributed by atoms with Crippen molar-refractivity contribution in [3.63, 3.8) is 0 Å².